The number of nitrogens with zero attached hydrogens (tertiary/aromatic N) is 1. The van der Waals surface area contributed by atoms with Crippen LogP contribution in [0.4, 0.5) is 0 Å². The summed E-state index contributed by atoms with van der Waals surface area (Å²) < 4.78 is 0.980. The first-order valence-electron chi connectivity index (χ1n) is 6.92. The molecule has 0 spiro atoms. The lowest BCUT2D eigenvalue weighted by molar-refractivity contribution is 0.102. The summed E-state index contributed by atoms with van der Waals surface area (Å²) in [5, 5.41) is 2.02. The van der Waals surface area contributed by atoms with Gasteiger partial charge in [0.25, 0.3) is 0 Å². The Labute approximate surface area is 127 Å². The first-order valence-corrected chi connectivity index (χ1v) is 8.79. The van der Waals surface area contributed by atoms with Gasteiger partial charge in [-0.2, -0.15) is 0 Å². The first-order chi connectivity index (χ1) is 9.72. The van der Waals surface area contributed by atoms with Crippen molar-refractivity contribution in [1.82, 2.24) is 4.98 Å². The van der Waals surface area contributed by atoms with E-state index in [-0.39, 0.29) is 5.78 Å². The number of thiazole rings is 1. The van der Waals surface area contributed by atoms with Gasteiger partial charge in [0.1, 0.15) is 0 Å². The Kier molecular flexibility index (Phi) is 4.22. The number of carbonyl (C=O) groups excluding carboxylic acids is 1. The predicted octanol–water partition coefficient (Wildman–Crippen LogP) is 4.31. The molecule has 3 rings (SSSR count). The van der Waals surface area contributed by atoms with Crippen LogP contribution in [0.2, 0.25) is 0 Å². The van der Waals surface area contributed by atoms with Gasteiger partial charge in [-0.1, -0.05) is 23.9 Å². The average molecular weight is 303 g/mol. The number of fused-ring (bicyclic) bond motifs is 1. The zero-order chi connectivity index (χ0) is 13.9. The second-order valence-corrected chi connectivity index (χ2v) is 7.24. The van der Waals surface area contributed by atoms with Crippen LogP contribution in [0.25, 0.3) is 0 Å². The highest BCUT2D eigenvalue weighted by Crippen LogP contribution is 2.25. The van der Waals surface area contributed by atoms with Gasteiger partial charge in [-0.15, -0.1) is 11.3 Å². The quantitative estimate of drug-likeness (QED) is 0.623. The van der Waals surface area contributed by atoms with Gasteiger partial charge >= 0.3 is 0 Å². The summed E-state index contributed by atoms with van der Waals surface area (Å²) in [5.74, 6) is 0.683. The van der Waals surface area contributed by atoms with Gasteiger partial charge in [0, 0.05) is 16.6 Å². The molecule has 0 atom stereocenters. The standard InChI is InChI=1S/C16H17NOS2/c1-11-9-19-16(17-11)20-10-15(18)14-7-6-12-4-2-3-5-13(12)8-14/h6-9H,2-5,10H2,1H3. The second-order valence-electron chi connectivity index (χ2n) is 5.16. The Hall–Kier alpha value is -1.13. The summed E-state index contributed by atoms with van der Waals surface area (Å²) in [5.41, 5.74) is 4.68. The largest absolute Gasteiger partial charge is 0.293 e. The van der Waals surface area contributed by atoms with Crippen LogP contribution in [-0.2, 0) is 12.8 Å². The van der Waals surface area contributed by atoms with E-state index in [0.717, 1.165) is 28.4 Å². The maximum atomic E-state index is 12.3. The summed E-state index contributed by atoms with van der Waals surface area (Å²) in [6, 6.07) is 6.23. The van der Waals surface area contributed by atoms with Crippen molar-refractivity contribution in [3.05, 3.63) is 46.0 Å². The summed E-state index contributed by atoms with van der Waals surface area (Å²) >= 11 is 3.15. The number of benzene rings is 1. The zero-order valence-corrected chi connectivity index (χ0v) is 13.1. The number of Topliss-reactive ketones (excluding diaryl/α,β-unsaturated/α-hetero) is 1. The molecule has 0 saturated heterocycles. The van der Waals surface area contributed by atoms with Crippen LogP contribution in [-0.4, -0.2) is 16.5 Å². The number of thioether (sulfide) groups is 1. The highest BCUT2D eigenvalue weighted by atomic mass is 32.2. The molecule has 1 aromatic heterocycles. The normalized spacial score (nSPS) is 14.1. The minimum absolute atomic E-state index is 0.205. The van der Waals surface area contributed by atoms with Gasteiger partial charge in [-0.3, -0.25) is 4.79 Å². The third-order valence-corrected chi connectivity index (χ3v) is 5.73. The molecule has 1 aliphatic carbocycles. The van der Waals surface area contributed by atoms with Crippen molar-refractivity contribution in [2.45, 2.75) is 36.9 Å². The van der Waals surface area contributed by atoms with Gasteiger partial charge < -0.3 is 0 Å². The lowest BCUT2D eigenvalue weighted by atomic mass is 9.90. The average Bonchev–Trinajstić information content (AvgIpc) is 2.90. The van der Waals surface area contributed by atoms with Crippen molar-refractivity contribution in [3.8, 4) is 0 Å². The Morgan fingerprint density at radius 2 is 2.10 bits per heavy atom. The summed E-state index contributed by atoms with van der Waals surface area (Å²) in [4.78, 5) is 16.6. The molecule has 0 N–H and O–H groups in total. The van der Waals surface area contributed by atoms with Gasteiger partial charge in [-0.05, 0) is 49.8 Å². The lowest BCUT2D eigenvalue weighted by Crippen LogP contribution is -2.07. The van der Waals surface area contributed by atoms with Crippen LogP contribution in [0.15, 0.2) is 27.9 Å². The number of hydrogen-bond acceptors (Lipinski definition) is 4. The molecule has 1 heterocycles. The number of aryl methyl sites for hydroxylation is 3. The number of carbonyl (C=O) groups is 1. The van der Waals surface area contributed by atoms with Crippen molar-refractivity contribution in [1.29, 1.82) is 0 Å². The van der Waals surface area contributed by atoms with E-state index in [1.165, 1.54) is 35.7 Å². The number of hydrogen-bond donors (Lipinski definition) is 0. The van der Waals surface area contributed by atoms with Crippen LogP contribution in [0.1, 0.15) is 40.0 Å². The summed E-state index contributed by atoms with van der Waals surface area (Å²) in [6.45, 7) is 1.98. The van der Waals surface area contributed by atoms with E-state index < -0.39 is 0 Å². The highest BCUT2D eigenvalue weighted by Gasteiger charge is 2.13. The van der Waals surface area contributed by atoms with Crippen LogP contribution >= 0.6 is 23.1 Å². The van der Waals surface area contributed by atoms with Crippen molar-refractivity contribution in [2.75, 3.05) is 5.75 Å². The van der Waals surface area contributed by atoms with Crippen LogP contribution in [0.5, 0.6) is 0 Å². The summed E-state index contributed by atoms with van der Waals surface area (Å²) in [6.07, 6.45) is 4.81. The molecule has 1 aliphatic rings. The molecule has 0 fully saturated rings. The molecule has 0 bridgehead atoms. The Morgan fingerprint density at radius 3 is 2.85 bits per heavy atom. The minimum atomic E-state index is 0.205. The molecular weight excluding hydrogens is 286 g/mol. The molecule has 2 nitrogen and oxygen atoms in total. The molecule has 104 valence electrons. The van der Waals surface area contributed by atoms with Crippen molar-refractivity contribution in [2.24, 2.45) is 0 Å². The monoisotopic (exact) mass is 303 g/mol. The van der Waals surface area contributed by atoms with E-state index in [2.05, 4.69) is 17.1 Å². The summed E-state index contributed by atoms with van der Waals surface area (Å²) in [7, 11) is 0. The number of rotatable bonds is 4. The third kappa shape index (κ3) is 3.13. The topological polar surface area (TPSA) is 30.0 Å². The van der Waals surface area contributed by atoms with Crippen molar-refractivity contribution >= 4 is 28.9 Å². The Morgan fingerprint density at radius 1 is 1.30 bits per heavy atom. The molecule has 0 radical (unpaired) electrons. The molecule has 20 heavy (non-hydrogen) atoms. The molecule has 0 amide bonds. The lowest BCUT2D eigenvalue weighted by Gasteiger charge is -2.16. The third-order valence-electron chi connectivity index (χ3n) is 3.60. The Balaban J connectivity index is 1.67. The first kappa shape index (κ1) is 13.8. The molecule has 0 saturated carbocycles. The second kappa shape index (κ2) is 6.10. The fourth-order valence-corrected chi connectivity index (χ4v) is 4.26. The van der Waals surface area contributed by atoms with Crippen molar-refractivity contribution in [3.63, 3.8) is 0 Å². The molecule has 1 aromatic carbocycles. The Bertz CT molecular complexity index is 633. The van der Waals surface area contributed by atoms with Crippen LogP contribution < -0.4 is 0 Å². The van der Waals surface area contributed by atoms with Crippen LogP contribution in [0.3, 0.4) is 0 Å². The number of ketones is 1. The van der Waals surface area contributed by atoms with E-state index in [1.54, 1.807) is 11.3 Å². The van der Waals surface area contributed by atoms with Gasteiger partial charge in [0.15, 0.2) is 10.1 Å². The van der Waals surface area contributed by atoms with E-state index >= 15 is 0 Å². The minimum Gasteiger partial charge on any atom is -0.293 e. The molecule has 2 aromatic rings. The van der Waals surface area contributed by atoms with Gasteiger partial charge in [-0.25, -0.2) is 4.98 Å². The van der Waals surface area contributed by atoms with Gasteiger partial charge in [0.2, 0.25) is 0 Å². The predicted molar refractivity (Wildman–Crippen MR) is 85.0 cm³/mol. The fourth-order valence-electron chi connectivity index (χ4n) is 2.52. The zero-order valence-electron chi connectivity index (χ0n) is 11.5. The highest BCUT2D eigenvalue weighted by molar-refractivity contribution is 8.01. The van der Waals surface area contributed by atoms with Gasteiger partial charge in [0.05, 0.1) is 5.75 Å². The molecule has 0 aliphatic heterocycles. The SMILES string of the molecule is Cc1csc(SCC(=O)c2ccc3c(c2)CCCC3)n1. The molecule has 0 unspecified atom stereocenters. The smallest absolute Gasteiger partial charge is 0.173 e. The van der Waals surface area contributed by atoms with E-state index in [0.29, 0.717) is 5.75 Å². The van der Waals surface area contributed by atoms with E-state index in [1.807, 2.05) is 18.4 Å². The van der Waals surface area contributed by atoms with Crippen molar-refractivity contribution < 1.29 is 4.79 Å². The maximum absolute atomic E-state index is 12.3. The fraction of sp³-hybridized carbons (Fsp3) is 0.375. The van der Waals surface area contributed by atoms with Crippen LogP contribution in [0, 0.1) is 6.92 Å². The van der Waals surface area contributed by atoms with E-state index in [9.17, 15) is 4.79 Å². The maximum Gasteiger partial charge on any atom is 0.173 e. The number of aromatic nitrogens is 1. The molecule has 4 heteroatoms. The molecular formula is C16H17NOS2. The van der Waals surface area contributed by atoms with E-state index in [4.69, 9.17) is 0 Å².